The number of nitrogens with zero attached hydrogens (tertiary/aromatic N) is 6. The summed E-state index contributed by atoms with van der Waals surface area (Å²) < 4.78 is 32.4. The number of piperidine rings is 1. The molecule has 2 aromatic heterocycles. The fraction of sp³-hybridized carbons (Fsp3) is 0.737. The number of hydrogen-bond acceptors (Lipinski definition) is 5. The number of sulfonamides is 1. The van der Waals surface area contributed by atoms with Crippen LogP contribution in [0.4, 0.5) is 0 Å². The van der Waals surface area contributed by atoms with E-state index >= 15 is 0 Å². The average Bonchev–Trinajstić information content (AvgIpc) is 3.24. The van der Waals surface area contributed by atoms with Gasteiger partial charge in [-0.05, 0) is 39.5 Å². The van der Waals surface area contributed by atoms with Crippen LogP contribution in [0, 0.1) is 13.8 Å². The van der Waals surface area contributed by atoms with Crippen molar-refractivity contribution in [2.45, 2.75) is 88.7 Å². The molecule has 0 N–H and O–H groups in total. The maximum Gasteiger partial charge on any atom is 0.247 e. The zero-order chi connectivity index (χ0) is 20.4. The summed E-state index contributed by atoms with van der Waals surface area (Å²) in [6, 6.07) is 0.216. The fourth-order valence-electron chi connectivity index (χ4n) is 4.75. The lowest BCUT2D eigenvalue weighted by molar-refractivity contribution is 0.183. The number of aromatic nitrogens is 5. The Bertz CT molecular complexity index is 986. The van der Waals surface area contributed by atoms with E-state index in [-0.39, 0.29) is 23.5 Å². The molecule has 2 aliphatic rings. The van der Waals surface area contributed by atoms with E-state index < -0.39 is 10.0 Å². The molecule has 0 amide bonds. The smallest absolute Gasteiger partial charge is 0.247 e. The third-order valence-electron chi connectivity index (χ3n) is 6.27. The zero-order valence-corrected chi connectivity index (χ0v) is 18.4. The number of fused-ring (bicyclic) bond motifs is 2. The SMILES string of the molecule is Cc1nn(C)c(C)c1S(=O)(=O)N1C2CCC1CC(n1cc(C(C)(C)C)nn1)C2. The Labute approximate surface area is 167 Å². The van der Waals surface area contributed by atoms with Gasteiger partial charge in [-0.25, -0.2) is 13.1 Å². The molecule has 2 aromatic rings. The molecular formula is C19H30N6O2S. The summed E-state index contributed by atoms with van der Waals surface area (Å²) in [5, 5.41) is 13.0. The monoisotopic (exact) mass is 406 g/mol. The molecule has 8 nitrogen and oxygen atoms in total. The van der Waals surface area contributed by atoms with Crippen LogP contribution in [0.1, 0.15) is 69.6 Å². The van der Waals surface area contributed by atoms with E-state index in [2.05, 4.69) is 36.2 Å². The normalized spacial score (nSPS) is 26.1. The summed E-state index contributed by atoms with van der Waals surface area (Å²) >= 11 is 0. The Balaban J connectivity index is 1.62. The van der Waals surface area contributed by atoms with E-state index in [0.717, 1.165) is 31.4 Å². The van der Waals surface area contributed by atoms with Crippen LogP contribution in [-0.2, 0) is 22.5 Å². The Kier molecular flexibility index (Phi) is 4.46. The van der Waals surface area contributed by atoms with Crippen molar-refractivity contribution in [2.24, 2.45) is 7.05 Å². The van der Waals surface area contributed by atoms with Crippen LogP contribution in [0.15, 0.2) is 11.1 Å². The summed E-state index contributed by atoms with van der Waals surface area (Å²) in [7, 11) is -1.77. The van der Waals surface area contributed by atoms with Gasteiger partial charge in [0.15, 0.2) is 0 Å². The van der Waals surface area contributed by atoms with Crippen LogP contribution >= 0.6 is 0 Å². The van der Waals surface area contributed by atoms with E-state index in [1.807, 2.05) is 17.8 Å². The summed E-state index contributed by atoms with van der Waals surface area (Å²) in [4.78, 5) is 0.376. The van der Waals surface area contributed by atoms with E-state index in [1.54, 1.807) is 23.0 Å². The maximum atomic E-state index is 13.5. The first kappa shape index (κ1) is 19.6. The molecule has 2 unspecified atom stereocenters. The molecule has 0 aliphatic carbocycles. The van der Waals surface area contributed by atoms with Crippen molar-refractivity contribution < 1.29 is 8.42 Å². The molecule has 0 radical (unpaired) electrons. The van der Waals surface area contributed by atoms with Crippen LogP contribution in [0.5, 0.6) is 0 Å². The highest BCUT2D eigenvalue weighted by molar-refractivity contribution is 7.89. The van der Waals surface area contributed by atoms with E-state index in [9.17, 15) is 8.42 Å². The van der Waals surface area contributed by atoms with Crippen LogP contribution in [0.2, 0.25) is 0 Å². The topological polar surface area (TPSA) is 85.9 Å². The molecule has 4 rings (SSSR count). The van der Waals surface area contributed by atoms with Crippen LogP contribution in [0.25, 0.3) is 0 Å². The van der Waals surface area contributed by atoms with Crippen LogP contribution in [0.3, 0.4) is 0 Å². The quantitative estimate of drug-likeness (QED) is 0.782. The van der Waals surface area contributed by atoms with Crippen molar-refractivity contribution in [3.05, 3.63) is 23.3 Å². The second-order valence-electron chi connectivity index (χ2n) is 9.30. The summed E-state index contributed by atoms with van der Waals surface area (Å²) in [5.74, 6) is 0. The minimum absolute atomic E-state index is 0.00930. The molecule has 2 atom stereocenters. The van der Waals surface area contributed by atoms with Gasteiger partial charge in [-0.3, -0.25) is 4.68 Å². The van der Waals surface area contributed by atoms with Gasteiger partial charge in [0.1, 0.15) is 4.90 Å². The molecule has 9 heteroatoms. The predicted octanol–water partition coefficient (Wildman–Crippen LogP) is 2.48. The molecule has 154 valence electrons. The highest BCUT2D eigenvalue weighted by Gasteiger charge is 2.49. The Morgan fingerprint density at radius 1 is 1.07 bits per heavy atom. The Morgan fingerprint density at radius 3 is 2.14 bits per heavy atom. The van der Waals surface area contributed by atoms with E-state index in [1.165, 1.54) is 0 Å². The van der Waals surface area contributed by atoms with Gasteiger partial charge in [0, 0.05) is 30.7 Å². The minimum atomic E-state index is -3.56. The second kappa shape index (κ2) is 6.38. The molecule has 2 fully saturated rings. The second-order valence-corrected chi connectivity index (χ2v) is 11.1. The minimum Gasteiger partial charge on any atom is -0.271 e. The lowest BCUT2D eigenvalue weighted by Crippen LogP contribution is -2.47. The van der Waals surface area contributed by atoms with Gasteiger partial charge in [0.25, 0.3) is 0 Å². The summed E-state index contributed by atoms with van der Waals surface area (Å²) in [6.45, 7) is 9.97. The highest BCUT2D eigenvalue weighted by Crippen LogP contribution is 2.44. The van der Waals surface area contributed by atoms with Gasteiger partial charge in [-0.15, -0.1) is 5.10 Å². The van der Waals surface area contributed by atoms with Crippen LogP contribution < -0.4 is 0 Å². The first-order chi connectivity index (χ1) is 13.0. The van der Waals surface area contributed by atoms with Crippen molar-refractivity contribution in [3.63, 3.8) is 0 Å². The van der Waals surface area contributed by atoms with E-state index in [4.69, 9.17) is 0 Å². The largest absolute Gasteiger partial charge is 0.271 e. The van der Waals surface area contributed by atoms with Gasteiger partial charge >= 0.3 is 0 Å². The van der Waals surface area contributed by atoms with E-state index in [0.29, 0.717) is 16.3 Å². The fourth-order valence-corrected chi connectivity index (χ4v) is 7.04. The summed E-state index contributed by atoms with van der Waals surface area (Å²) in [6.07, 6.45) is 5.39. The Hall–Kier alpha value is -1.74. The van der Waals surface area contributed by atoms with Crippen molar-refractivity contribution in [3.8, 4) is 0 Å². The Morgan fingerprint density at radius 2 is 1.68 bits per heavy atom. The van der Waals surface area contributed by atoms with Gasteiger partial charge < -0.3 is 0 Å². The van der Waals surface area contributed by atoms with Crippen molar-refractivity contribution >= 4 is 10.0 Å². The molecule has 0 spiro atoms. The molecule has 28 heavy (non-hydrogen) atoms. The van der Waals surface area contributed by atoms with Gasteiger partial charge in [0.2, 0.25) is 10.0 Å². The van der Waals surface area contributed by atoms with Crippen molar-refractivity contribution in [1.82, 2.24) is 29.1 Å². The maximum absolute atomic E-state index is 13.5. The molecular weight excluding hydrogens is 376 g/mol. The average molecular weight is 407 g/mol. The third-order valence-corrected chi connectivity index (χ3v) is 8.53. The van der Waals surface area contributed by atoms with Gasteiger partial charge in [-0.1, -0.05) is 26.0 Å². The molecule has 2 bridgehead atoms. The van der Waals surface area contributed by atoms with Gasteiger partial charge in [-0.2, -0.15) is 9.40 Å². The van der Waals surface area contributed by atoms with Crippen molar-refractivity contribution in [1.29, 1.82) is 0 Å². The van der Waals surface area contributed by atoms with Crippen molar-refractivity contribution in [2.75, 3.05) is 0 Å². The predicted molar refractivity (Wildman–Crippen MR) is 106 cm³/mol. The first-order valence-electron chi connectivity index (χ1n) is 9.96. The lowest BCUT2D eigenvalue weighted by Gasteiger charge is -2.37. The number of aryl methyl sites for hydroxylation is 2. The van der Waals surface area contributed by atoms with Crippen LogP contribution in [-0.4, -0.2) is 49.6 Å². The molecule has 2 aliphatic heterocycles. The molecule has 2 saturated heterocycles. The zero-order valence-electron chi connectivity index (χ0n) is 17.5. The first-order valence-corrected chi connectivity index (χ1v) is 11.4. The molecule has 4 heterocycles. The number of rotatable bonds is 3. The third kappa shape index (κ3) is 2.99. The standard InChI is InChI=1S/C19H30N6O2S/c1-12-18(13(2)23(6)21-12)28(26,27)25-14-7-8-15(25)10-16(9-14)24-11-17(20-22-24)19(3,4)5/h11,14-16H,7-10H2,1-6H3. The summed E-state index contributed by atoms with van der Waals surface area (Å²) in [5.41, 5.74) is 2.20. The van der Waals surface area contributed by atoms with Gasteiger partial charge in [0.05, 0.1) is 23.1 Å². The molecule has 0 saturated carbocycles. The highest BCUT2D eigenvalue weighted by atomic mass is 32.2. The molecule has 0 aromatic carbocycles. The number of hydrogen-bond donors (Lipinski definition) is 0. The lowest BCUT2D eigenvalue weighted by atomic mass is 9.93.